The van der Waals surface area contributed by atoms with E-state index in [-0.39, 0.29) is 0 Å². The van der Waals surface area contributed by atoms with E-state index in [2.05, 4.69) is 0 Å². The van der Waals surface area contributed by atoms with Crippen LogP contribution in [0.1, 0.15) is 72.6 Å². The monoisotopic (exact) mass is 290 g/mol. The van der Waals surface area contributed by atoms with Gasteiger partial charge in [0, 0.05) is 28.2 Å². The Morgan fingerprint density at radius 1 is 1.05 bits per heavy atom. The van der Waals surface area contributed by atoms with Crippen molar-refractivity contribution in [2.45, 2.75) is 53.2 Å². The Morgan fingerprint density at radius 3 is 2.38 bits per heavy atom. The van der Waals surface area contributed by atoms with Crippen LogP contribution < -0.4 is 4.57 Å². The lowest BCUT2D eigenvalue weighted by molar-refractivity contribution is -0.660. The molecule has 2 rings (SSSR count). The Morgan fingerprint density at radius 2 is 1.76 bits per heavy atom. The smallest absolute Gasteiger partial charge is 0.201 e. The van der Waals surface area contributed by atoms with E-state index in [1.807, 2.05) is 13.0 Å². The van der Waals surface area contributed by atoms with E-state index >= 15 is 0 Å². The van der Waals surface area contributed by atoms with E-state index < -0.39 is 25.5 Å². The second-order valence-electron chi connectivity index (χ2n) is 5.65. The zero-order chi connectivity index (χ0) is 22.6. The van der Waals surface area contributed by atoms with Gasteiger partial charge in [-0.1, -0.05) is 33.6 Å². The highest BCUT2D eigenvalue weighted by atomic mass is 14.9. The van der Waals surface area contributed by atoms with Crippen molar-refractivity contribution >= 4 is 0 Å². The fraction of sp³-hybridized carbons (Fsp3) is 0.450. The minimum atomic E-state index is -2.45. The molecule has 0 saturated carbocycles. The molecule has 0 radical (unpaired) electrons. The van der Waals surface area contributed by atoms with Gasteiger partial charge in [0.05, 0.1) is 0 Å². The van der Waals surface area contributed by atoms with Crippen LogP contribution in [-0.2, 0) is 7.05 Å². The lowest BCUT2D eigenvalue weighted by Gasteiger charge is -2.14. The molecule has 1 aromatic carbocycles. The number of benzene rings is 1. The normalized spacial score (nSPS) is 23.9. The van der Waals surface area contributed by atoms with Crippen LogP contribution in [0.3, 0.4) is 0 Å². The predicted octanol–water partition coefficient (Wildman–Crippen LogP) is 5.04. The maximum absolute atomic E-state index is 8.39. The van der Waals surface area contributed by atoms with E-state index in [0.717, 1.165) is 16.8 Å². The second-order valence-corrected chi connectivity index (χ2v) is 5.65. The average molecular weight is 290 g/mol. The molecule has 0 amide bonds. The average Bonchev–Trinajstić information content (AvgIpc) is 2.54. The van der Waals surface area contributed by atoms with Crippen molar-refractivity contribution in [2.75, 3.05) is 0 Å². The number of nitrogens with zero attached hydrogens (tertiary/aromatic N) is 1. The summed E-state index contributed by atoms with van der Waals surface area (Å²) in [6.45, 7) is 1.53. The van der Waals surface area contributed by atoms with Crippen LogP contribution >= 0.6 is 0 Å². The summed E-state index contributed by atoms with van der Waals surface area (Å²) in [5, 5.41) is 0. The number of pyridine rings is 1. The maximum atomic E-state index is 8.39. The van der Waals surface area contributed by atoms with Crippen molar-refractivity contribution in [3.63, 3.8) is 0 Å². The predicted molar refractivity (Wildman–Crippen MR) is 90.7 cm³/mol. The third-order valence-corrected chi connectivity index (χ3v) is 3.82. The summed E-state index contributed by atoms with van der Waals surface area (Å²) in [6.07, 6.45) is 1.65. The van der Waals surface area contributed by atoms with Crippen LogP contribution in [0.5, 0.6) is 0 Å². The molecule has 0 aliphatic carbocycles. The molecule has 2 atom stereocenters. The molecule has 0 fully saturated rings. The lowest BCUT2D eigenvalue weighted by atomic mass is 9.91. The van der Waals surface area contributed by atoms with Gasteiger partial charge < -0.3 is 0 Å². The molecule has 1 nitrogen and oxygen atoms in total. The molecular weight excluding hydrogens is 254 g/mol. The van der Waals surface area contributed by atoms with Gasteiger partial charge >= 0.3 is 0 Å². The molecule has 2 aromatic rings. The maximum Gasteiger partial charge on any atom is 0.212 e. The molecule has 0 saturated heterocycles. The Bertz CT molecular complexity index is 923. The van der Waals surface area contributed by atoms with E-state index in [1.165, 1.54) is 13.8 Å². The largest absolute Gasteiger partial charge is 0.212 e. The van der Waals surface area contributed by atoms with Gasteiger partial charge in [0.15, 0.2) is 6.20 Å². The van der Waals surface area contributed by atoms with Crippen molar-refractivity contribution in [1.29, 1.82) is 0 Å². The zero-order valence-electron chi connectivity index (χ0n) is 21.3. The number of rotatable bonds is 3. The van der Waals surface area contributed by atoms with Gasteiger partial charge in [-0.05, 0) is 54.5 Å². The van der Waals surface area contributed by atoms with E-state index in [9.17, 15) is 0 Å². The first-order valence-corrected chi connectivity index (χ1v) is 7.03. The molecule has 1 heteroatoms. The molecule has 112 valence electrons. The Labute approximate surface area is 140 Å². The first kappa shape index (κ1) is 8.12. The van der Waals surface area contributed by atoms with Crippen LogP contribution in [0.2, 0.25) is 0 Å². The van der Waals surface area contributed by atoms with Crippen molar-refractivity contribution in [2.24, 2.45) is 7.05 Å². The summed E-state index contributed by atoms with van der Waals surface area (Å²) in [6, 6.07) is 7.03. The molecular formula is C20H28N+. The van der Waals surface area contributed by atoms with E-state index in [0.29, 0.717) is 16.7 Å². The molecule has 1 aromatic heterocycles. The van der Waals surface area contributed by atoms with Crippen LogP contribution in [0.25, 0.3) is 11.3 Å². The van der Waals surface area contributed by atoms with Crippen LogP contribution in [-0.4, -0.2) is 0 Å². The summed E-state index contributed by atoms with van der Waals surface area (Å²) in [7, 11) is 1.79. The fourth-order valence-electron chi connectivity index (χ4n) is 2.61. The third-order valence-electron chi connectivity index (χ3n) is 3.82. The summed E-state index contributed by atoms with van der Waals surface area (Å²) in [5.74, 6) is -3.45. The molecule has 0 spiro atoms. The van der Waals surface area contributed by atoms with Crippen molar-refractivity contribution in [3.05, 3.63) is 52.7 Å². The Balaban J connectivity index is 2.59. The van der Waals surface area contributed by atoms with Gasteiger partial charge in [-0.3, -0.25) is 0 Å². The highest BCUT2D eigenvalue weighted by molar-refractivity contribution is 5.63. The van der Waals surface area contributed by atoms with Gasteiger partial charge in [0.2, 0.25) is 5.69 Å². The Kier molecular flexibility index (Phi) is 2.32. The number of hydrogen-bond donors (Lipinski definition) is 0. The van der Waals surface area contributed by atoms with Gasteiger partial charge in [-0.2, -0.15) is 0 Å². The topological polar surface area (TPSA) is 3.88 Å². The molecule has 0 bridgehead atoms. The molecule has 0 aliphatic heterocycles. The minimum Gasteiger partial charge on any atom is -0.201 e. The van der Waals surface area contributed by atoms with E-state index in [1.54, 1.807) is 42.9 Å². The summed E-state index contributed by atoms with van der Waals surface area (Å²) in [5.41, 5.74) is 4.04. The number of aromatic nitrogens is 1. The first-order valence-electron chi connectivity index (χ1n) is 11.0. The fourth-order valence-corrected chi connectivity index (χ4v) is 2.61. The van der Waals surface area contributed by atoms with Crippen LogP contribution in [0, 0.1) is 13.8 Å². The second kappa shape index (κ2) is 6.01. The van der Waals surface area contributed by atoms with Gasteiger partial charge in [-0.25, -0.2) is 4.57 Å². The summed E-state index contributed by atoms with van der Waals surface area (Å²) < 4.78 is 64.4. The number of hydrogen-bond acceptors (Lipinski definition) is 0. The highest BCUT2D eigenvalue weighted by Gasteiger charge is 2.16. The minimum absolute atomic E-state index is 0.385. The highest BCUT2D eigenvalue weighted by Crippen LogP contribution is 2.28. The Hall–Kier alpha value is -1.63. The third kappa shape index (κ3) is 3.18. The molecule has 0 aliphatic rings. The SMILES string of the molecule is [2H]C([2H])([2H])C([2H])(C)c1ccc(-c2cc(C)c(C([2H])(C)C([2H])([2H])[2H])cc2C)[n+](C)c1. The molecule has 1 heterocycles. The molecule has 2 unspecified atom stereocenters. The van der Waals surface area contributed by atoms with Crippen molar-refractivity contribution in [3.8, 4) is 11.3 Å². The molecule has 0 N–H and O–H groups in total. The van der Waals surface area contributed by atoms with Gasteiger partial charge in [-0.15, -0.1) is 0 Å². The van der Waals surface area contributed by atoms with Crippen molar-refractivity contribution < 1.29 is 15.5 Å². The standard InChI is InChI=1S/C20H28N/c1-13(2)17-8-9-20(21(7)12-17)19-11-15(5)18(14(3)4)10-16(19)6/h8-14H,1-7H3/q+1/i1D3,3D3,13D,14D. The van der Waals surface area contributed by atoms with Crippen molar-refractivity contribution in [1.82, 2.24) is 0 Å². The summed E-state index contributed by atoms with van der Waals surface area (Å²) >= 11 is 0. The number of aryl methyl sites for hydroxylation is 3. The molecule has 21 heavy (non-hydrogen) atoms. The quantitative estimate of drug-likeness (QED) is 0.697. The lowest BCUT2D eigenvalue weighted by Crippen LogP contribution is -2.31. The van der Waals surface area contributed by atoms with E-state index in [4.69, 9.17) is 11.0 Å². The summed E-state index contributed by atoms with van der Waals surface area (Å²) in [4.78, 5) is 0. The van der Waals surface area contributed by atoms with Crippen LogP contribution in [0.15, 0.2) is 30.5 Å². The van der Waals surface area contributed by atoms with Gasteiger partial charge in [0.1, 0.15) is 7.05 Å². The zero-order valence-corrected chi connectivity index (χ0v) is 13.3. The van der Waals surface area contributed by atoms with Crippen LogP contribution in [0.4, 0.5) is 0 Å². The first-order chi connectivity index (χ1) is 12.9. The van der Waals surface area contributed by atoms with Gasteiger partial charge in [0.25, 0.3) is 0 Å².